The van der Waals surface area contributed by atoms with Gasteiger partial charge in [0.25, 0.3) is 5.91 Å². The summed E-state index contributed by atoms with van der Waals surface area (Å²) in [5.41, 5.74) is 2.70. The molecule has 0 radical (unpaired) electrons. The van der Waals surface area contributed by atoms with Gasteiger partial charge >= 0.3 is 0 Å². The van der Waals surface area contributed by atoms with Crippen LogP contribution in [0.5, 0.6) is 0 Å². The Morgan fingerprint density at radius 2 is 1.79 bits per heavy atom. The van der Waals surface area contributed by atoms with Crippen LogP contribution in [0.3, 0.4) is 0 Å². The summed E-state index contributed by atoms with van der Waals surface area (Å²) in [6.07, 6.45) is 0. The summed E-state index contributed by atoms with van der Waals surface area (Å²) in [6, 6.07) is 15.3. The summed E-state index contributed by atoms with van der Waals surface area (Å²) in [5.74, 6) is 0.855. The smallest absolute Gasteiger partial charge is 0.254 e. The van der Waals surface area contributed by atoms with E-state index in [4.69, 9.17) is 4.52 Å². The average Bonchev–Trinajstić information content (AvgIpc) is 3.04. The Kier molecular flexibility index (Phi) is 4.94. The first-order valence-corrected chi connectivity index (χ1v) is 8.51. The molecule has 2 aromatic carbocycles. The van der Waals surface area contributed by atoms with E-state index in [0.717, 1.165) is 9.13 Å². The zero-order chi connectivity index (χ0) is 17.1. The molecule has 0 saturated carbocycles. The van der Waals surface area contributed by atoms with Crippen LogP contribution in [0.4, 0.5) is 0 Å². The van der Waals surface area contributed by atoms with E-state index in [1.54, 1.807) is 11.9 Å². The first-order valence-electron chi connectivity index (χ1n) is 7.43. The van der Waals surface area contributed by atoms with Gasteiger partial charge in [-0.3, -0.25) is 4.79 Å². The Morgan fingerprint density at radius 1 is 1.12 bits per heavy atom. The van der Waals surface area contributed by atoms with Crippen molar-refractivity contribution in [3.05, 3.63) is 69.1 Å². The molecule has 0 bridgehead atoms. The Balaban J connectivity index is 1.70. The zero-order valence-electron chi connectivity index (χ0n) is 13.4. The van der Waals surface area contributed by atoms with Gasteiger partial charge in [-0.1, -0.05) is 35.0 Å². The molecule has 0 N–H and O–H groups in total. The van der Waals surface area contributed by atoms with E-state index in [2.05, 4.69) is 32.7 Å². The van der Waals surface area contributed by atoms with Gasteiger partial charge in [0.05, 0.1) is 6.54 Å². The van der Waals surface area contributed by atoms with Gasteiger partial charge in [-0.25, -0.2) is 0 Å². The highest BCUT2D eigenvalue weighted by molar-refractivity contribution is 14.1. The van der Waals surface area contributed by atoms with E-state index < -0.39 is 0 Å². The van der Waals surface area contributed by atoms with Crippen LogP contribution in [-0.4, -0.2) is 28.0 Å². The standard InChI is InChI=1S/C18H16IN3O2/c1-12-3-5-13(6-4-12)17-20-16(24-21-17)11-22(2)18(23)14-7-9-15(19)10-8-14/h3-10H,11H2,1-2H3. The molecule has 5 nitrogen and oxygen atoms in total. The third-order valence-electron chi connectivity index (χ3n) is 3.59. The second-order valence-electron chi connectivity index (χ2n) is 5.55. The predicted octanol–water partition coefficient (Wildman–Crippen LogP) is 3.92. The van der Waals surface area contributed by atoms with Crippen LogP contribution in [0.2, 0.25) is 0 Å². The first kappa shape index (κ1) is 16.6. The van der Waals surface area contributed by atoms with Crippen molar-refractivity contribution in [3.63, 3.8) is 0 Å². The monoisotopic (exact) mass is 433 g/mol. The molecule has 0 aliphatic rings. The molecule has 0 aliphatic carbocycles. The number of benzene rings is 2. The van der Waals surface area contributed by atoms with Crippen LogP contribution in [0.15, 0.2) is 53.1 Å². The van der Waals surface area contributed by atoms with Crippen molar-refractivity contribution in [1.82, 2.24) is 15.0 Å². The molecule has 1 amide bonds. The normalized spacial score (nSPS) is 10.6. The van der Waals surface area contributed by atoms with Crippen LogP contribution in [0.25, 0.3) is 11.4 Å². The Hall–Kier alpha value is -2.22. The number of carbonyl (C=O) groups is 1. The third-order valence-corrected chi connectivity index (χ3v) is 4.31. The molecule has 1 heterocycles. The minimum atomic E-state index is -0.0820. The minimum absolute atomic E-state index is 0.0820. The van der Waals surface area contributed by atoms with Crippen molar-refractivity contribution in [3.8, 4) is 11.4 Å². The van der Waals surface area contributed by atoms with Gasteiger partial charge in [-0.15, -0.1) is 0 Å². The van der Waals surface area contributed by atoms with Crippen molar-refractivity contribution < 1.29 is 9.32 Å². The lowest BCUT2D eigenvalue weighted by Crippen LogP contribution is -2.26. The second kappa shape index (κ2) is 7.12. The number of aromatic nitrogens is 2. The fourth-order valence-corrected chi connectivity index (χ4v) is 2.59. The van der Waals surface area contributed by atoms with E-state index in [9.17, 15) is 4.79 Å². The van der Waals surface area contributed by atoms with E-state index in [-0.39, 0.29) is 12.5 Å². The fourth-order valence-electron chi connectivity index (χ4n) is 2.23. The van der Waals surface area contributed by atoms with Crippen LogP contribution in [-0.2, 0) is 6.54 Å². The van der Waals surface area contributed by atoms with E-state index in [1.807, 2.05) is 55.5 Å². The number of hydrogen-bond donors (Lipinski definition) is 0. The number of carbonyl (C=O) groups excluding carboxylic acids is 1. The van der Waals surface area contributed by atoms with Crippen LogP contribution < -0.4 is 0 Å². The number of halogens is 1. The van der Waals surface area contributed by atoms with Crippen molar-refractivity contribution >= 4 is 28.5 Å². The van der Waals surface area contributed by atoms with Crippen molar-refractivity contribution in [2.75, 3.05) is 7.05 Å². The second-order valence-corrected chi connectivity index (χ2v) is 6.79. The van der Waals surface area contributed by atoms with Crippen LogP contribution in [0.1, 0.15) is 21.8 Å². The maximum atomic E-state index is 12.4. The summed E-state index contributed by atoms with van der Waals surface area (Å²) >= 11 is 2.21. The van der Waals surface area contributed by atoms with Gasteiger partial charge in [0.2, 0.25) is 11.7 Å². The number of aryl methyl sites for hydroxylation is 1. The molecule has 6 heteroatoms. The molecule has 0 aliphatic heterocycles. The van der Waals surface area contributed by atoms with E-state index in [0.29, 0.717) is 17.3 Å². The van der Waals surface area contributed by atoms with E-state index in [1.165, 1.54) is 5.56 Å². The van der Waals surface area contributed by atoms with Crippen molar-refractivity contribution in [2.24, 2.45) is 0 Å². The molecule has 24 heavy (non-hydrogen) atoms. The van der Waals surface area contributed by atoms with Crippen molar-refractivity contribution in [1.29, 1.82) is 0 Å². The Morgan fingerprint density at radius 3 is 2.46 bits per heavy atom. The summed E-state index contributed by atoms with van der Waals surface area (Å²) in [6.45, 7) is 2.29. The quantitative estimate of drug-likeness (QED) is 0.586. The fraction of sp³-hybridized carbons (Fsp3) is 0.167. The molecule has 3 aromatic rings. The SMILES string of the molecule is Cc1ccc(-c2noc(CN(C)C(=O)c3ccc(I)cc3)n2)cc1. The Bertz CT molecular complexity index is 841. The maximum Gasteiger partial charge on any atom is 0.254 e. The highest BCUT2D eigenvalue weighted by Crippen LogP contribution is 2.17. The molecule has 3 rings (SSSR count). The topological polar surface area (TPSA) is 59.2 Å². The minimum Gasteiger partial charge on any atom is -0.337 e. The molecule has 0 spiro atoms. The van der Waals surface area contributed by atoms with Gasteiger partial charge < -0.3 is 9.42 Å². The Labute approximate surface area is 153 Å². The molecule has 1 aromatic heterocycles. The zero-order valence-corrected chi connectivity index (χ0v) is 15.5. The van der Waals surface area contributed by atoms with Gasteiger partial charge in [0.1, 0.15) is 0 Å². The number of amides is 1. The molecular weight excluding hydrogens is 417 g/mol. The van der Waals surface area contributed by atoms with Crippen molar-refractivity contribution in [2.45, 2.75) is 13.5 Å². The number of hydrogen-bond acceptors (Lipinski definition) is 4. The highest BCUT2D eigenvalue weighted by atomic mass is 127. The molecule has 122 valence electrons. The number of nitrogens with zero attached hydrogens (tertiary/aromatic N) is 3. The highest BCUT2D eigenvalue weighted by Gasteiger charge is 2.16. The molecule has 0 saturated heterocycles. The van der Waals surface area contributed by atoms with Crippen LogP contribution in [0, 0.1) is 10.5 Å². The third kappa shape index (κ3) is 3.81. The van der Waals surface area contributed by atoms with Gasteiger partial charge in [-0.2, -0.15) is 4.98 Å². The molecular formula is C18H16IN3O2. The largest absolute Gasteiger partial charge is 0.337 e. The molecule has 0 atom stereocenters. The van der Waals surface area contributed by atoms with Crippen LogP contribution >= 0.6 is 22.6 Å². The maximum absolute atomic E-state index is 12.4. The summed E-state index contributed by atoms with van der Waals surface area (Å²) in [5, 5.41) is 3.99. The lowest BCUT2D eigenvalue weighted by Gasteiger charge is -2.14. The summed E-state index contributed by atoms with van der Waals surface area (Å²) in [7, 11) is 1.72. The van der Waals surface area contributed by atoms with E-state index >= 15 is 0 Å². The first-order chi connectivity index (χ1) is 11.5. The molecule has 0 unspecified atom stereocenters. The summed E-state index contributed by atoms with van der Waals surface area (Å²) < 4.78 is 6.36. The van der Waals surface area contributed by atoms with Gasteiger partial charge in [0.15, 0.2) is 0 Å². The summed E-state index contributed by atoms with van der Waals surface area (Å²) in [4.78, 5) is 18.3. The lowest BCUT2D eigenvalue weighted by molar-refractivity contribution is 0.0769. The average molecular weight is 433 g/mol. The van der Waals surface area contributed by atoms with Gasteiger partial charge in [0, 0.05) is 21.7 Å². The lowest BCUT2D eigenvalue weighted by atomic mass is 10.1. The predicted molar refractivity (Wildman–Crippen MR) is 99.4 cm³/mol. The number of rotatable bonds is 4. The van der Waals surface area contributed by atoms with Gasteiger partial charge in [-0.05, 0) is 53.8 Å². The molecule has 0 fully saturated rings.